The minimum atomic E-state index is -0.483. The molecule has 0 aliphatic heterocycles. The van der Waals surface area contributed by atoms with E-state index >= 15 is 0 Å². The van der Waals surface area contributed by atoms with E-state index in [1.165, 1.54) is 0 Å². The number of amides is 1. The van der Waals surface area contributed by atoms with Crippen LogP contribution in [0.3, 0.4) is 0 Å². The van der Waals surface area contributed by atoms with Crippen molar-refractivity contribution in [2.45, 2.75) is 46.3 Å². The van der Waals surface area contributed by atoms with Crippen LogP contribution < -0.4 is 10.6 Å². The number of ether oxygens (including phenoxy) is 1. The summed E-state index contributed by atoms with van der Waals surface area (Å²) >= 11 is 6.04. The Morgan fingerprint density at radius 1 is 1.37 bits per heavy atom. The topological polar surface area (TPSA) is 70.9 Å². The molecule has 0 aliphatic rings. The van der Waals surface area contributed by atoms with Crippen molar-refractivity contribution in [2.24, 2.45) is 12.0 Å². The third-order valence-corrected chi connectivity index (χ3v) is 3.64. The second-order valence-corrected chi connectivity index (χ2v) is 7.57. The van der Waals surface area contributed by atoms with Crippen LogP contribution in [0, 0.1) is 0 Å². The summed E-state index contributed by atoms with van der Waals surface area (Å²) in [5.41, 5.74) is 0.623. The van der Waals surface area contributed by atoms with E-state index < -0.39 is 11.7 Å². The van der Waals surface area contributed by atoms with Gasteiger partial charge in [0.15, 0.2) is 5.96 Å². The average molecular weight is 514 g/mol. The van der Waals surface area contributed by atoms with Gasteiger partial charge < -0.3 is 24.8 Å². The van der Waals surface area contributed by atoms with Crippen LogP contribution in [-0.2, 0) is 18.3 Å². The minimum Gasteiger partial charge on any atom is -0.444 e. The SMILES string of the molecule is CCNC(=NCCCNC(=O)OC(C)(C)C)N(C)Cc1cc(Cl)cn1C.I. The average Bonchev–Trinajstić information content (AvgIpc) is 2.81. The van der Waals surface area contributed by atoms with Crippen LogP contribution in [0.1, 0.15) is 39.8 Å². The molecule has 0 saturated carbocycles. The molecule has 7 nitrogen and oxygen atoms in total. The van der Waals surface area contributed by atoms with Crippen molar-refractivity contribution in [1.29, 1.82) is 0 Å². The van der Waals surface area contributed by atoms with Gasteiger partial charge in [0.05, 0.1) is 11.6 Å². The summed E-state index contributed by atoms with van der Waals surface area (Å²) < 4.78 is 7.21. The molecule has 0 atom stereocenters. The largest absolute Gasteiger partial charge is 0.444 e. The Kier molecular flexibility index (Phi) is 11.8. The van der Waals surface area contributed by atoms with Crippen LogP contribution in [-0.4, -0.2) is 53.8 Å². The lowest BCUT2D eigenvalue weighted by molar-refractivity contribution is 0.0527. The van der Waals surface area contributed by atoms with Gasteiger partial charge in [-0.25, -0.2) is 4.79 Å². The van der Waals surface area contributed by atoms with Crippen molar-refractivity contribution in [3.8, 4) is 0 Å². The molecule has 0 saturated heterocycles. The van der Waals surface area contributed by atoms with Crippen molar-refractivity contribution in [1.82, 2.24) is 20.1 Å². The Hall–Kier alpha value is -1.16. The standard InChI is InChI=1S/C18H32ClN5O2.HI/c1-7-20-16(24(6)13-15-11-14(19)12-23(15)5)21-9-8-10-22-17(25)26-18(2,3)4;/h11-12H,7-10,13H2,1-6H3,(H,20,21)(H,22,25);1H. The molecule has 1 aromatic rings. The zero-order valence-electron chi connectivity index (χ0n) is 17.1. The quantitative estimate of drug-likeness (QED) is 0.253. The number of aryl methyl sites for hydroxylation is 1. The number of aliphatic imine (C=N–C) groups is 1. The number of nitrogens with zero attached hydrogens (tertiary/aromatic N) is 3. The summed E-state index contributed by atoms with van der Waals surface area (Å²) in [7, 11) is 3.96. The Balaban J connectivity index is 0.00000676. The fraction of sp³-hybridized carbons (Fsp3) is 0.667. The molecule has 27 heavy (non-hydrogen) atoms. The van der Waals surface area contributed by atoms with Crippen LogP contribution in [0.5, 0.6) is 0 Å². The number of alkyl carbamates (subject to hydrolysis) is 1. The molecule has 0 fully saturated rings. The van der Waals surface area contributed by atoms with Gasteiger partial charge in [0.2, 0.25) is 0 Å². The zero-order chi connectivity index (χ0) is 19.7. The predicted octanol–water partition coefficient (Wildman–Crippen LogP) is 3.61. The first kappa shape index (κ1) is 25.8. The molecule has 0 spiro atoms. The molecule has 9 heteroatoms. The Morgan fingerprint density at radius 3 is 2.56 bits per heavy atom. The molecule has 2 N–H and O–H groups in total. The summed E-state index contributed by atoms with van der Waals surface area (Å²) in [5.74, 6) is 0.821. The number of rotatable bonds is 7. The lowest BCUT2D eigenvalue weighted by atomic mass is 10.2. The molecular weight excluding hydrogens is 481 g/mol. The highest BCUT2D eigenvalue weighted by Gasteiger charge is 2.15. The van der Waals surface area contributed by atoms with E-state index in [4.69, 9.17) is 16.3 Å². The first-order chi connectivity index (χ1) is 12.1. The van der Waals surface area contributed by atoms with E-state index in [0.717, 1.165) is 29.6 Å². The van der Waals surface area contributed by atoms with E-state index in [1.54, 1.807) is 0 Å². The fourth-order valence-corrected chi connectivity index (χ4v) is 2.55. The van der Waals surface area contributed by atoms with Gasteiger partial charge in [-0.15, -0.1) is 24.0 Å². The van der Waals surface area contributed by atoms with E-state index in [2.05, 4.69) is 20.5 Å². The van der Waals surface area contributed by atoms with Gasteiger partial charge >= 0.3 is 6.09 Å². The van der Waals surface area contributed by atoms with Gasteiger partial charge in [0.1, 0.15) is 5.60 Å². The van der Waals surface area contributed by atoms with Crippen LogP contribution in [0.4, 0.5) is 4.79 Å². The molecule has 1 heterocycles. The number of nitrogens with one attached hydrogen (secondary N) is 2. The maximum Gasteiger partial charge on any atom is 0.407 e. The van der Waals surface area contributed by atoms with Crippen molar-refractivity contribution < 1.29 is 9.53 Å². The monoisotopic (exact) mass is 513 g/mol. The molecule has 1 rings (SSSR count). The number of guanidine groups is 1. The normalized spacial score (nSPS) is 11.6. The first-order valence-electron chi connectivity index (χ1n) is 8.89. The van der Waals surface area contributed by atoms with Crippen LogP contribution in [0.2, 0.25) is 5.02 Å². The third-order valence-electron chi connectivity index (χ3n) is 3.43. The molecule has 156 valence electrons. The lowest BCUT2D eigenvalue weighted by Gasteiger charge is -2.22. The summed E-state index contributed by atoms with van der Waals surface area (Å²) in [4.78, 5) is 18.3. The highest BCUT2D eigenvalue weighted by Crippen LogP contribution is 2.14. The molecule has 0 aromatic carbocycles. The van der Waals surface area contributed by atoms with Gasteiger partial charge in [-0.3, -0.25) is 4.99 Å². The second-order valence-electron chi connectivity index (χ2n) is 7.13. The first-order valence-corrected chi connectivity index (χ1v) is 9.27. The second kappa shape index (κ2) is 12.3. The van der Waals surface area contributed by atoms with E-state index in [-0.39, 0.29) is 24.0 Å². The summed E-state index contributed by atoms with van der Waals surface area (Å²) in [6.45, 7) is 10.2. The number of halogens is 2. The zero-order valence-corrected chi connectivity index (χ0v) is 20.2. The minimum absolute atomic E-state index is 0. The Bertz CT molecular complexity index is 613. The van der Waals surface area contributed by atoms with Crippen molar-refractivity contribution >= 4 is 47.6 Å². The highest BCUT2D eigenvalue weighted by atomic mass is 127. The smallest absolute Gasteiger partial charge is 0.407 e. The van der Waals surface area contributed by atoms with Crippen molar-refractivity contribution in [3.05, 3.63) is 23.0 Å². The Morgan fingerprint density at radius 2 is 2.04 bits per heavy atom. The number of carbonyl (C=O) groups excluding carboxylic acids is 1. The van der Waals surface area contributed by atoms with Gasteiger partial charge in [0.25, 0.3) is 0 Å². The predicted molar refractivity (Wildman–Crippen MR) is 122 cm³/mol. The van der Waals surface area contributed by atoms with Crippen molar-refractivity contribution in [2.75, 3.05) is 26.7 Å². The molecule has 0 aliphatic carbocycles. The number of aromatic nitrogens is 1. The number of hydrogen-bond donors (Lipinski definition) is 2. The molecular formula is C18H33ClIN5O2. The molecule has 0 radical (unpaired) electrons. The molecule has 0 bridgehead atoms. The van der Waals surface area contributed by atoms with Crippen LogP contribution in [0.25, 0.3) is 0 Å². The Labute approximate surface area is 184 Å². The summed E-state index contributed by atoms with van der Waals surface area (Å²) in [6.07, 6.45) is 2.22. The van der Waals surface area contributed by atoms with Gasteiger partial charge in [-0.2, -0.15) is 0 Å². The molecule has 1 amide bonds. The maximum atomic E-state index is 11.6. The summed E-state index contributed by atoms with van der Waals surface area (Å²) in [5, 5.41) is 6.75. The third kappa shape index (κ3) is 10.7. The fourth-order valence-electron chi connectivity index (χ4n) is 2.28. The number of carbonyl (C=O) groups is 1. The van der Waals surface area contributed by atoms with Gasteiger partial charge in [-0.1, -0.05) is 11.6 Å². The summed E-state index contributed by atoms with van der Waals surface area (Å²) in [6, 6.07) is 1.95. The van der Waals surface area contributed by atoms with Gasteiger partial charge in [-0.05, 0) is 40.2 Å². The molecule has 1 aromatic heterocycles. The highest BCUT2D eigenvalue weighted by molar-refractivity contribution is 14.0. The lowest BCUT2D eigenvalue weighted by Crippen LogP contribution is -2.39. The number of hydrogen-bond acceptors (Lipinski definition) is 3. The van der Waals surface area contributed by atoms with Crippen LogP contribution >= 0.6 is 35.6 Å². The van der Waals surface area contributed by atoms with Crippen LogP contribution in [0.15, 0.2) is 17.3 Å². The van der Waals surface area contributed by atoms with E-state index in [9.17, 15) is 4.79 Å². The van der Waals surface area contributed by atoms with Crippen molar-refractivity contribution in [3.63, 3.8) is 0 Å². The van der Waals surface area contributed by atoms with Gasteiger partial charge in [0, 0.05) is 45.6 Å². The molecule has 0 unspecified atom stereocenters. The maximum absolute atomic E-state index is 11.6. The van der Waals surface area contributed by atoms with E-state index in [1.807, 2.05) is 58.6 Å². The van der Waals surface area contributed by atoms with E-state index in [0.29, 0.717) is 19.6 Å².